The summed E-state index contributed by atoms with van der Waals surface area (Å²) in [4.78, 5) is 34.6. The maximum absolute atomic E-state index is 12.5. The van der Waals surface area contributed by atoms with Gasteiger partial charge in [-0.25, -0.2) is 0 Å². The van der Waals surface area contributed by atoms with Gasteiger partial charge in [0.25, 0.3) is 0 Å². The summed E-state index contributed by atoms with van der Waals surface area (Å²) in [5.41, 5.74) is 0.640. The Labute approximate surface area is 143 Å². The van der Waals surface area contributed by atoms with E-state index >= 15 is 0 Å². The highest BCUT2D eigenvalue weighted by atomic mass is 32.2. The van der Waals surface area contributed by atoms with Gasteiger partial charge in [0.2, 0.25) is 17.8 Å². The largest absolute Gasteiger partial charge is 0.321 e. The standard InChI is InChI=1S/C15H18N6O2S/c1-2-5-12(22)21-9-24-8-11(21)14(23)18-15-17-13(19-20-15)10-6-3-4-7-16-10/h3-4,6-7,11H,2,5,8-9H2,1H3,(H2,17,18,19,20,23)/t11-/m0/s1. The minimum Gasteiger partial charge on any atom is -0.321 e. The van der Waals surface area contributed by atoms with Crippen LogP contribution in [0.25, 0.3) is 11.5 Å². The van der Waals surface area contributed by atoms with Crippen LogP contribution in [0.1, 0.15) is 19.8 Å². The summed E-state index contributed by atoms with van der Waals surface area (Å²) in [5, 5.41) is 9.41. The Bertz CT molecular complexity index is 720. The van der Waals surface area contributed by atoms with Gasteiger partial charge >= 0.3 is 0 Å². The van der Waals surface area contributed by atoms with E-state index in [0.717, 1.165) is 6.42 Å². The van der Waals surface area contributed by atoms with Crippen molar-refractivity contribution in [2.75, 3.05) is 16.9 Å². The summed E-state index contributed by atoms with van der Waals surface area (Å²) in [7, 11) is 0. The van der Waals surface area contributed by atoms with E-state index in [0.29, 0.717) is 29.6 Å². The number of nitrogens with one attached hydrogen (secondary N) is 2. The van der Waals surface area contributed by atoms with Gasteiger partial charge in [0.15, 0.2) is 5.82 Å². The number of hydrogen-bond acceptors (Lipinski definition) is 6. The lowest BCUT2D eigenvalue weighted by atomic mass is 10.2. The first-order chi connectivity index (χ1) is 11.7. The Morgan fingerprint density at radius 1 is 1.46 bits per heavy atom. The van der Waals surface area contributed by atoms with Crippen LogP contribution in [-0.2, 0) is 9.59 Å². The quantitative estimate of drug-likeness (QED) is 0.850. The van der Waals surface area contributed by atoms with Crippen LogP contribution in [0.15, 0.2) is 24.4 Å². The number of thioether (sulfide) groups is 1. The molecular weight excluding hydrogens is 328 g/mol. The molecule has 2 aromatic heterocycles. The number of amides is 2. The molecule has 0 aliphatic carbocycles. The third-order valence-corrected chi connectivity index (χ3v) is 4.61. The molecule has 1 atom stereocenters. The zero-order valence-electron chi connectivity index (χ0n) is 13.2. The first-order valence-corrected chi connectivity index (χ1v) is 8.86. The van der Waals surface area contributed by atoms with Gasteiger partial charge in [-0.15, -0.1) is 16.9 Å². The Kier molecular flexibility index (Phi) is 5.09. The normalized spacial score (nSPS) is 17.0. The maximum Gasteiger partial charge on any atom is 0.250 e. The van der Waals surface area contributed by atoms with Crippen LogP contribution in [-0.4, -0.2) is 54.6 Å². The van der Waals surface area contributed by atoms with Crippen LogP contribution in [0.2, 0.25) is 0 Å². The molecule has 0 bridgehead atoms. The molecule has 24 heavy (non-hydrogen) atoms. The topological polar surface area (TPSA) is 104 Å². The van der Waals surface area contributed by atoms with Crippen molar-refractivity contribution in [2.24, 2.45) is 0 Å². The Morgan fingerprint density at radius 3 is 3.08 bits per heavy atom. The van der Waals surface area contributed by atoms with Crippen molar-refractivity contribution < 1.29 is 9.59 Å². The summed E-state index contributed by atoms with van der Waals surface area (Å²) in [5.74, 6) is 1.53. The molecule has 1 aliphatic rings. The van der Waals surface area contributed by atoms with Crippen LogP contribution in [0.3, 0.4) is 0 Å². The van der Waals surface area contributed by atoms with Gasteiger partial charge in [-0.1, -0.05) is 13.0 Å². The second kappa shape index (κ2) is 7.43. The molecule has 3 heterocycles. The lowest BCUT2D eigenvalue weighted by Crippen LogP contribution is -2.44. The Morgan fingerprint density at radius 2 is 2.33 bits per heavy atom. The molecule has 1 aliphatic heterocycles. The average Bonchev–Trinajstić information content (AvgIpc) is 3.25. The van der Waals surface area contributed by atoms with E-state index in [1.807, 2.05) is 19.1 Å². The third kappa shape index (κ3) is 3.56. The number of H-pyrrole nitrogens is 1. The molecule has 0 radical (unpaired) electrons. The van der Waals surface area contributed by atoms with E-state index < -0.39 is 6.04 Å². The molecular formula is C15H18N6O2S. The van der Waals surface area contributed by atoms with E-state index in [1.54, 1.807) is 28.9 Å². The highest BCUT2D eigenvalue weighted by molar-refractivity contribution is 7.99. The van der Waals surface area contributed by atoms with Crippen LogP contribution in [0.5, 0.6) is 0 Å². The fourth-order valence-corrected chi connectivity index (χ4v) is 3.57. The van der Waals surface area contributed by atoms with Crippen molar-refractivity contribution in [3.63, 3.8) is 0 Å². The van der Waals surface area contributed by atoms with Crippen LogP contribution in [0, 0.1) is 0 Å². The number of hydrogen-bond donors (Lipinski definition) is 2. The molecule has 2 N–H and O–H groups in total. The minimum atomic E-state index is -0.481. The number of rotatable bonds is 5. The first-order valence-electron chi connectivity index (χ1n) is 7.71. The van der Waals surface area contributed by atoms with E-state index in [4.69, 9.17) is 0 Å². The molecule has 126 valence electrons. The summed E-state index contributed by atoms with van der Waals surface area (Å²) in [6, 6.07) is 4.97. The molecule has 0 aromatic carbocycles. The smallest absolute Gasteiger partial charge is 0.250 e. The third-order valence-electron chi connectivity index (χ3n) is 3.60. The first kappa shape index (κ1) is 16.4. The Balaban J connectivity index is 1.67. The zero-order chi connectivity index (χ0) is 16.9. The monoisotopic (exact) mass is 346 g/mol. The lowest BCUT2D eigenvalue weighted by Gasteiger charge is -2.22. The van der Waals surface area contributed by atoms with Crippen LogP contribution < -0.4 is 5.32 Å². The molecule has 8 nitrogen and oxygen atoms in total. The number of aromatic nitrogens is 4. The van der Waals surface area contributed by atoms with E-state index in [9.17, 15) is 9.59 Å². The number of pyridine rings is 1. The number of carbonyl (C=O) groups is 2. The second-order valence-electron chi connectivity index (χ2n) is 5.34. The van der Waals surface area contributed by atoms with E-state index in [1.165, 1.54) is 0 Å². The predicted molar refractivity (Wildman–Crippen MR) is 91.1 cm³/mol. The Hall–Kier alpha value is -2.42. The molecule has 2 aromatic rings. The summed E-state index contributed by atoms with van der Waals surface area (Å²) >= 11 is 1.57. The SMILES string of the molecule is CCCC(=O)N1CSC[C@H]1C(=O)Nc1n[nH]c(-c2ccccn2)n1. The molecule has 1 fully saturated rings. The van der Waals surface area contributed by atoms with Gasteiger partial charge in [-0.05, 0) is 18.6 Å². The zero-order valence-corrected chi connectivity index (χ0v) is 14.0. The summed E-state index contributed by atoms with van der Waals surface area (Å²) < 4.78 is 0. The molecule has 0 spiro atoms. The van der Waals surface area contributed by atoms with Crippen molar-refractivity contribution in [3.05, 3.63) is 24.4 Å². The number of aromatic amines is 1. The fraction of sp³-hybridized carbons (Fsp3) is 0.400. The van der Waals surface area contributed by atoms with Crippen molar-refractivity contribution >= 4 is 29.5 Å². The maximum atomic E-state index is 12.5. The number of nitrogens with zero attached hydrogens (tertiary/aromatic N) is 4. The van der Waals surface area contributed by atoms with E-state index in [2.05, 4.69) is 25.5 Å². The number of carbonyl (C=O) groups excluding carboxylic acids is 2. The molecule has 2 amide bonds. The molecule has 1 saturated heterocycles. The highest BCUT2D eigenvalue weighted by Crippen LogP contribution is 2.23. The molecule has 3 rings (SSSR count). The van der Waals surface area contributed by atoms with Gasteiger partial charge in [0.1, 0.15) is 11.7 Å². The van der Waals surface area contributed by atoms with Crippen molar-refractivity contribution in [3.8, 4) is 11.5 Å². The molecule has 0 saturated carbocycles. The lowest BCUT2D eigenvalue weighted by molar-refractivity contribution is -0.136. The summed E-state index contributed by atoms with van der Waals surface area (Å²) in [6.07, 6.45) is 2.88. The average molecular weight is 346 g/mol. The van der Waals surface area contributed by atoms with Gasteiger partial charge in [0.05, 0.1) is 5.88 Å². The molecule has 9 heteroatoms. The van der Waals surface area contributed by atoms with Gasteiger partial charge in [0, 0.05) is 18.4 Å². The summed E-state index contributed by atoms with van der Waals surface area (Å²) in [6.45, 7) is 1.95. The van der Waals surface area contributed by atoms with Gasteiger partial charge in [-0.3, -0.25) is 25.0 Å². The van der Waals surface area contributed by atoms with Crippen molar-refractivity contribution in [2.45, 2.75) is 25.8 Å². The second-order valence-corrected chi connectivity index (χ2v) is 6.34. The van der Waals surface area contributed by atoms with Gasteiger partial charge in [-0.2, -0.15) is 4.98 Å². The predicted octanol–water partition coefficient (Wildman–Crippen LogP) is 1.51. The van der Waals surface area contributed by atoms with Crippen LogP contribution >= 0.6 is 11.8 Å². The number of anilines is 1. The minimum absolute atomic E-state index is 0.00631. The fourth-order valence-electron chi connectivity index (χ4n) is 2.39. The van der Waals surface area contributed by atoms with Crippen molar-refractivity contribution in [1.82, 2.24) is 25.1 Å². The van der Waals surface area contributed by atoms with Gasteiger partial charge < -0.3 is 4.90 Å². The van der Waals surface area contributed by atoms with E-state index in [-0.39, 0.29) is 17.8 Å². The van der Waals surface area contributed by atoms with Crippen molar-refractivity contribution in [1.29, 1.82) is 0 Å². The van der Waals surface area contributed by atoms with Crippen LogP contribution in [0.4, 0.5) is 5.95 Å². The highest BCUT2D eigenvalue weighted by Gasteiger charge is 2.34. The molecule has 0 unspecified atom stereocenters.